The van der Waals surface area contributed by atoms with E-state index < -0.39 is 0 Å². The molecule has 6 heteroatoms. The van der Waals surface area contributed by atoms with Gasteiger partial charge < -0.3 is 10.6 Å². The Kier molecular flexibility index (Phi) is 4.55. The molecule has 1 aromatic carbocycles. The number of nitrogens with zero attached hydrogens (tertiary/aromatic N) is 1. The average Bonchev–Trinajstić information content (AvgIpc) is 2.41. The first-order valence-electron chi connectivity index (χ1n) is 6.46. The van der Waals surface area contributed by atoms with Gasteiger partial charge in [0.1, 0.15) is 0 Å². The normalized spacial score (nSPS) is 22.6. The van der Waals surface area contributed by atoms with E-state index in [1.807, 2.05) is 6.92 Å². The molecule has 2 rings (SSSR count). The van der Waals surface area contributed by atoms with Crippen LogP contribution in [0.5, 0.6) is 0 Å². The van der Waals surface area contributed by atoms with Crippen molar-refractivity contribution in [1.82, 2.24) is 4.90 Å². The SMILES string of the molecule is C[C@@H]1CC[C@H](C(N)=O)CN1C(=O)c1cccc(Cl)c1Cl. The Morgan fingerprint density at radius 2 is 2.00 bits per heavy atom. The largest absolute Gasteiger partial charge is 0.369 e. The molecule has 0 aliphatic carbocycles. The molecule has 2 atom stereocenters. The summed E-state index contributed by atoms with van der Waals surface area (Å²) in [5.41, 5.74) is 5.70. The maximum Gasteiger partial charge on any atom is 0.255 e. The highest BCUT2D eigenvalue weighted by atomic mass is 35.5. The van der Waals surface area contributed by atoms with Crippen molar-refractivity contribution in [1.29, 1.82) is 0 Å². The number of piperidine rings is 1. The molecule has 4 nitrogen and oxygen atoms in total. The van der Waals surface area contributed by atoms with Gasteiger partial charge in [0, 0.05) is 12.6 Å². The molecule has 0 saturated carbocycles. The van der Waals surface area contributed by atoms with Crippen LogP contribution in [0.25, 0.3) is 0 Å². The van der Waals surface area contributed by atoms with Gasteiger partial charge >= 0.3 is 0 Å². The van der Waals surface area contributed by atoms with Crippen molar-refractivity contribution in [3.8, 4) is 0 Å². The minimum atomic E-state index is -0.369. The van der Waals surface area contributed by atoms with Crippen molar-refractivity contribution < 1.29 is 9.59 Å². The molecular formula is C14H16Cl2N2O2. The van der Waals surface area contributed by atoms with Gasteiger partial charge in [0.15, 0.2) is 0 Å². The Labute approximate surface area is 127 Å². The Hall–Kier alpha value is -1.26. The summed E-state index contributed by atoms with van der Waals surface area (Å²) in [6.07, 6.45) is 1.46. The van der Waals surface area contributed by atoms with Gasteiger partial charge in [-0.15, -0.1) is 0 Å². The lowest BCUT2D eigenvalue weighted by Crippen LogP contribution is -2.48. The zero-order valence-electron chi connectivity index (χ0n) is 11.1. The Bertz CT molecular complexity index is 548. The quantitative estimate of drug-likeness (QED) is 0.912. The summed E-state index contributed by atoms with van der Waals surface area (Å²) in [4.78, 5) is 25.6. The van der Waals surface area contributed by atoms with Gasteiger partial charge in [-0.2, -0.15) is 0 Å². The minimum Gasteiger partial charge on any atom is -0.369 e. The fraction of sp³-hybridized carbons (Fsp3) is 0.429. The third-order valence-electron chi connectivity index (χ3n) is 3.73. The van der Waals surface area contributed by atoms with Crippen molar-refractivity contribution in [3.05, 3.63) is 33.8 Å². The molecule has 0 bridgehead atoms. The third-order valence-corrected chi connectivity index (χ3v) is 4.55. The Morgan fingerprint density at radius 1 is 1.30 bits per heavy atom. The standard InChI is InChI=1S/C14H16Cl2N2O2/c1-8-5-6-9(13(17)19)7-18(8)14(20)10-3-2-4-11(15)12(10)16/h2-4,8-9H,5-7H2,1H3,(H2,17,19)/t8-,9+/m1/s1. The summed E-state index contributed by atoms with van der Waals surface area (Å²) in [5.74, 6) is -0.879. The molecule has 0 unspecified atom stereocenters. The molecule has 0 radical (unpaired) electrons. The van der Waals surface area contributed by atoms with Crippen LogP contribution in [-0.2, 0) is 4.79 Å². The monoisotopic (exact) mass is 314 g/mol. The van der Waals surface area contributed by atoms with Crippen molar-refractivity contribution >= 4 is 35.0 Å². The molecule has 1 aliphatic rings. The number of hydrogen-bond donors (Lipinski definition) is 1. The van der Waals surface area contributed by atoms with Crippen LogP contribution in [0.4, 0.5) is 0 Å². The van der Waals surface area contributed by atoms with E-state index in [1.165, 1.54) is 0 Å². The molecule has 0 spiro atoms. The lowest BCUT2D eigenvalue weighted by molar-refractivity contribution is -0.123. The zero-order chi connectivity index (χ0) is 14.9. The number of likely N-dealkylation sites (tertiary alicyclic amines) is 1. The predicted octanol–water partition coefficient (Wildman–Crippen LogP) is 2.72. The van der Waals surface area contributed by atoms with Gasteiger partial charge in [0.2, 0.25) is 5.91 Å². The van der Waals surface area contributed by atoms with Crippen molar-refractivity contribution in [2.24, 2.45) is 11.7 Å². The number of hydrogen-bond acceptors (Lipinski definition) is 2. The summed E-state index contributed by atoms with van der Waals surface area (Å²) in [6, 6.07) is 5.00. The fourth-order valence-electron chi connectivity index (χ4n) is 2.45. The molecule has 20 heavy (non-hydrogen) atoms. The molecular weight excluding hydrogens is 299 g/mol. The molecule has 2 N–H and O–H groups in total. The minimum absolute atomic E-state index is 0.0492. The highest BCUT2D eigenvalue weighted by Crippen LogP contribution is 2.29. The second kappa shape index (κ2) is 6.02. The zero-order valence-corrected chi connectivity index (χ0v) is 12.6. The lowest BCUT2D eigenvalue weighted by Gasteiger charge is -2.37. The number of carbonyl (C=O) groups excluding carboxylic acids is 2. The van der Waals surface area contributed by atoms with Crippen LogP contribution < -0.4 is 5.73 Å². The first kappa shape index (κ1) is 15.1. The molecule has 1 saturated heterocycles. The van der Waals surface area contributed by atoms with Crippen LogP contribution in [0.15, 0.2) is 18.2 Å². The summed E-state index contributed by atoms with van der Waals surface area (Å²) < 4.78 is 0. The number of benzene rings is 1. The maximum absolute atomic E-state index is 12.6. The average molecular weight is 315 g/mol. The second-order valence-electron chi connectivity index (χ2n) is 5.08. The van der Waals surface area contributed by atoms with Crippen LogP contribution in [0.1, 0.15) is 30.1 Å². The summed E-state index contributed by atoms with van der Waals surface area (Å²) in [7, 11) is 0. The van der Waals surface area contributed by atoms with Gasteiger partial charge in [-0.05, 0) is 31.9 Å². The van der Waals surface area contributed by atoms with E-state index in [1.54, 1.807) is 23.1 Å². The van der Waals surface area contributed by atoms with E-state index in [-0.39, 0.29) is 28.8 Å². The van der Waals surface area contributed by atoms with E-state index in [2.05, 4.69) is 0 Å². The lowest BCUT2D eigenvalue weighted by atomic mass is 9.92. The number of nitrogens with two attached hydrogens (primary N) is 1. The molecule has 0 aromatic heterocycles. The highest BCUT2D eigenvalue weighted by Gasteiger charge is 2.32. The number of primary amides is 1. The summed E-state index contributed by atoms with van der Waals surface area (Å²) in [5, 5.41) is 0.584. The molecule has 1 fully saturated rings. The second-order valence-corrected chi connectivity index (χ2v) is 5.87. The van der Waals surface area contributed by atoms with Crippen LogP contribution in [0.2, 0.25) is 10.0 Å². The number of amides is 2. The van der Waals surface area contributed by atoms with E-state index in [4.69, 9.17) is 28.9 Å². The first-order chi connectivity index (χ1) is 9.41. The number of halogens is 2. The van der Waals surface area contributed by atoms with E-state index in [0.717, 1.165) is 6.42 Å². The Morgan fingerprint density at radius 3 is 2.65 bits per heavy atom. The molecule has 2 amide bonds. The van der Waals surface area contributed by atoms with Gasteiger partial charge in [-0.3, -0.25) is 9.59 Å². The molecule has 108 valence electrons. The van der Waals surface area contributed by atoms with Gasteiger partial charge in [-0.25, -0.2) is 0 Å². The summed E-state index contributed by atoms with van der Waals surface area (Å²) >= 11 is 12.0. The van der Waals surface area contributed by atoms with Crippen molar-refractivity contribution in [3.63, 3.8) is 0 Å². The van der Waals surface area contributed by atoms with Crippen LogP contribution in [0, 0.1) is 5.92 Å². The summed E-state index contributed by atoms with van der Waals surface area (Å²) in [6.45, 7) is 2.28. The van der Waals surface area contributed by atoms with Crippen molar-refractivity contribution in [2.45, 2.75) is 25.8 Å². The fourth-order valence-corrected chi connectivity index (χ4v) is 2.83. The number of rotatable bonds is 2. The van der Waals surface area contributed by atoms with Crippen molar-refractivity contribution in [2.75, 3.05) is 6.54 Å². The van der Waals surface area contributed by atoms with Gasteiger partial charge in [-0.1, -0.05) is 29.3 Å². The predicted molar refractivity (Wildman–Crippen MR) is 78.9 cm³/mol. The highest BCUT2D eigenvalue weighted by molar-refractivity contribution is 6.43. The molecule has 1 aliphatic heterocycles. The maximum atomic E-state index is 12.6. The van der Waals surface area contributed by atoms with Crippen LogP contribution in [-0.4, -0.2) is 29.3 Å². The smallest absolute Gasteiger partial charge is 0.255 e. The van der Waals surface area contributed by atoms with Gasteiger partial charge in [0.05, 0.1) is 21.5 Å². The Balaban J connectivity index is 2.26. The van der Waals surface area contributed by atoms with E-state index in [9.17, 15) is 9.59 Å². The molecule has 1 heterocycles. The molecule has 1 aromatic rings. The van der Waals surface area contributed by atoms with E-state index >= 15 is 0 Å². The van der Waals surface area contributed by atoms with Crippen LogP contribution >= 0.6 is 23.2 Å². The third kappa shape index (κ3) is 2.91. The number of carbonyl (C=O) groups is 2. The van der Waals surface area contributed by atoms with E-state index in [0.29, 0.717) is 23.6 Å². The van der Waals surface area contributed by atoms with Crippen LogP contribution in [0.3, 0.4) is 0 Å². The topological polar surface area (TPSA) is 63.4 Å². The van der Waals surface area contributed by atoms with Gasteiger partial charge in [0.25, 0.3) is 5.91 Å². The first-order valence-corrected chi connectivity index (χ1v) is 7.21.